The van der Waals surface area contributed by atoms with E-state index >= 15 is 0 Å². The number of fused-ring (bicyclic) bond motifs is 1. The van der Waals surface area contributed by atoms with Crippen molar-refractivity contribution in [3.8, 4) is 5.75 Å². The zero-order valence-corrected chi connectivity index (χ0v) is 22.7. The van der Waals surface area contributed by atoms with E-state index < -0.39 is 41.1 Å². The van der Waals surface area contributed by atoms with Crippen LogP contribution >= 0.6 is 0 Å². The lowest BCUT2D eigenvalue weighted by atomic mass is 9.81. The SMILES string of the molecule is CC(C)OC(=O)C1=CN(C(=O)c2ccc(OCCN3CCOCC3)c(F)c2)CC(C)(C)c2c1n[nH]c2C(F)(F)F. The number of alkyl halides is 3. The molecular weight excluding hydrogens is 536 g/mol. The van der Waals surface area contributed by atoms with Crippen molar-refractivity contribution in [2.45, 2.75) is 45.4 Å². The van der Waals surface area contributed by atoms with E-state index in [-0.39, 0.29) is 41.3 Å². The number of carbonyl (C=O) groups is 2. The summed E-state index contributed by atoms with van der Waals surface area (Å²) in [6, 6.07) is 3.70. The lowest BCUT2D eigenvalue weighted by Crippen LogP contribution is -2.38. The Kier molecular flexibility index (Phi) is 8.55. The number of nitrogens with zero attached hydrogens (tertiary/aromatic N) is 3. The molecule has 1 amide bonds. The highest BCUT2D eigenvalue weighted by molar-refractivity contribution is 6.17. The molecule has 0 spiro atoms. The maximum absolute atomic E-state index is 14.9. The fraction of sp³-hybridized carbons (Fsp3) is 0.519. The Hall–Kier alpha value is -3.45. The van der Waals surface area contributed by atoms with E-state index in [2.05, 4.69) is 10.00 Å². The molecule has 2 aromatic rings. The fourth-order valence-corrected chi connectivity index (χ4v) is 4.75. The zero-order valence-electron chi connectivity index (χ0n) is 22.7. The highest BCUT2D eigenvalue weighted by atomic mass is 19.4. The van der Waals surface area contributed by atoms with Gasteiger partial charge in [0.15, 0.2) is 11.6 Å². The Morgan fingerprint density at radius 2 is 1.90 bits per heavy atom. The number of aromatic nitrogens is 2. The molecule has 0 bridgehead atoms. The molecule has 1 fully saturated rings. The molecule has 0 aliphatic carbocycles. The predicted molar refractivity (Wildman–Crippen MR) is 136 cm³/mol. The molecular formula is C27H32F4N4O5. The lowest BCUT2D eigenvalue weighted by molar-refractivity contribution is -0.142. The molecule has 1 saturated heterocycles. The number of benzene rings is 1. The van der Waals surface area contributed by atoms with Crippen molar-refractivity contribution in [1.29, 1.82) is 0 Å². The van der Waals surface area contributed by atoms with Gasteiger partial charge in [0.25, 0.3) is 5.91 Å². The Balaban J connectivity index is 1.61. The van der Waals surface area contributed by atoms with Gasteiger partial charge in [-0.05, 0) is 32.0 Å². The van der Waals surface area contributed by atoms with E-state index in [0.717, 1.165) is 30.3 Å². The minimum absolute atomic E-state index is 0.0346. The van der Waals surface area contributed by atoms with Crippen molar-refractivity contribution in [3.05, 3.63) is 52.7 Å². The first kappa shape index (κ1) is 29.5. The summed E-state index contributed by atoms with van der Waals surface area (Å²) < 4.78 is 72.6. The second-order valence-electron chi connectivity index (χ2n) is 10.6. The number of H-pyrrole nitrogens is 1. The standard InChI is InChI=1S/C27H32F4N4O5/c1-16(2)40-25(37)18-14-35(15-26(3,4)21-22(18)32-33-23(21)27(29,30)31)24(36)17-5-6-20(19(28)13-17)39-12-9-34-7-10-38-11-8-34/h5-6,13-14,16H,7-12,15H2,1-4H3,(H,32,33). The summed E-state index contributed by atoms with van der Waals surface area (Å²) in [5.41, 5.74) is -3.34. The lowest BCUT2D eigenvalue weighted by Gasteiger charge is -2.30. The summed E-state index contributed by atoms with van der Waals surface area (Å²) in [5.74, 6) is -2.46. The van der Waals surface area contributed by atoms with E-state index in [4.69, 9.17) is 14.2 Å². The number of halogens is 4. The number of ether oxygens (including phenoxy) is 3. The van der Waals surface area contributed by atoms with Crippen LogP contribution in [0.15, 0.2) is 24.4 Å². The predicted octanol–water partition coefficient (Wildman–Crippen LogP) is 4.00. The van der Waals surface area contributed by atoms with Crippen molar-refractivity contribution in [2.75, 3.05) is 46.0 Å². The fourth-order valence-electron chi connectivity index (χ4n) is 4.75. The van der Waals surface area contributed by atoms with Crippen molar-refractivity contribution in [1.82, 2.24) is 20.0 Å². The number of esters is 1. The van der Waals surface area contributed by atoms with Gasteiger partial charge in [0.1, 0.15) is 23.6 Å². The summed E-state index contributed by atoms with van der Waals surface area (Å²) in [6.45, 7) is 9.53. The second kappa shape index (κ2) is 11.6. The smallest absolute Gasteiger partial charge is 0.433 e. The Morgan fingerprint density at radius 1 is 1.20 bits per heavy atom. The Labute approximate surface area is 229 Å². The van der Waals surface area contributed by atoms with E-state index in [9.17, 15) is 27.2 Å². The molecule has 4 rings (SSSR count). The molecule has 13 heteroatoms. The number of aromatic amines is 1. The first-order valence-corrected chi connectivity index (χ1v) is 12.9. The number of nitrogens with one attached hydrogen (secondary N) is 1. The number of morpholine rings is 1. The van der Waals surface area contributed by atoms with Crippen LogP contribution in [0.5, 0.6) is 5.75 Å². The van der Waals surface area contributed by atoms with Gasteiger partial charge in [-0.1, -0.05) is 13.8 Å². The monoisotopic (exact) mass is 568 g/mol. The van der Waals surface area contributed by atoms with Crippen LogP contribution in [0.25, 0.3) is 5.57 Å². The van der Waals surface area contributed by atoms with Gasteiger partial charge >= 0.3 is 12.1 Å². The molecule has 218 valence electrons. The molecule has 40 heavy (non-hydrogen) atoms. The number of rotatable bonds is 7. The molecule has 1 aromatic carbocycles. The van der Waals surface area contributed by atoms with Crippen LogP contribution in [0.3, 0.4) is 0 Å². The summed E-state index contributed by atoms with van der Waals surface area (Å²) in [7, 11) is 0. The highest BCUT2D eigenvalue weighted by Gasteiger charge is 2.46. The molecule has 0 atom stereocenters. The highest BCUT2D eigenvalue weighted by Crippen LogP contribution is 2.42. The minimum Gasteiger partial charge on any atom is -0.489 e. The molecule has 1 aromatic heterocycles. The maximum Gasteiger partial charge on any atom is 0.433 e. The van der Waals surface area contributed by atoms with Crippen molar-refractivity contribution >= 4 is 17.4 Å². The average molecular weight is 569 g/mol. The maximum atomic E-state index is 14.9. The quantitative estimate of drug-likeness (QED) is 0.398. The zero-order chi connectivity index (χ0) is 29.2. The van der Waals surface area contributed by atoms with Crippen LogP contribution in [-0.2, 0) is 25.9 Å². The first-order valence-electron chi connectivity index (χ1n) is 12.9. The molecule has 2 aliphatic rings. The Morgan fingerprint density at radius 3 is 2.52 bits per heavy atom. The van der Waals surface area contributed by atoms with E-state index in [1.54, 1.807) is 13.8 Å². The van der Waals surface area contributed by atoms with Crippen LogP contribution in [0.1, 0.15) is 55.0 Å². The largest absolute Gasteiger partial charge is 0.489 e. The topological polar surface area (TPSA) is 97.0 Å². The van der Waals surface area contributed by atoms with E-state index in [1.807, 2.05) is 5.10 Å². The molecule has 9 nitrogen and oxygen atoms in total. The third-order valence-electron chi connectivity index (χ3n) is 6.60. The van der Waals surface area contributed by atoms with Crippen molar-refractivity contribution in [2.24, 2.45) is 0 Å². The van der Waals surface area contributed by atoms with Crippen molar-refractivity contribution in [3.63, 3.8) is 0 Å². The molecule has 0 radical (unpaired) electrons. The normalized spacial score (nSPS) is 17.7. The summed E-state index contributed by atoms with van der Waals surface area (Å²) in [6.07, 6.45) is -4.25. The third kappa shape index (κ3) is 6.47. The van der Waals surface area contributed by atoms with Crippen LogP contribution in [-0.4, -0.2) is 84.0 Å². The van der Waals surface area contributed by atoms with Crippen LogP contribution < -0.4 is 4.74 Å². The van der Waals surface area contributed by atoms with Gasteiger partial charge in [0.2, 0.25) is 0 Å². The van der Waals surface area contributed by atoms with E-state index in [0.29, 0.717) is 19.8 Å². The molecule has 1 N–H and O–H groups in total. The first-order chi connectivity index (χ1) is 18.8. The molecule has 0 saturated carbocycles. The van der Waals surface area contributed by atoms with E-state index in [1.165, 1.54) is 26.0 Å². The van der Waals surface area contributed by atoms with Crippen LogP contribution in [0.4, 0.5) is 17.6 Å². The average Bonchev–Trinajstić information content (AvgIpc) is 3.29. The summed E-state index contributed by atoms with van der Waals surface area (Å²) in [4.78, 5) is 29.7. The van der Waals surface area contributed by atoms with Crippen LogP contribution in [0.2, 0.25) is 0 Å². The summed E-state index contributed by atoms with van der Waals surface area (Å²) >= 11 is 0. The second-order valence-corrected chi connectivity index (χ2v) is 10.6. The van der Waals surface area contributed by atoms with Gasteiger partial charge in [-0.3, -0.25) is 14.8 Å². The molecule has 2 aliphatic heterocycles. The van der Waals surface area contributed by atoms with Gasteiger partial charge in [0.05, 0.1) is 19.3 Å². The Bertz CT molecular complexity index is 1280. The van der Waals surface area contributed by atoms with Gasteiger partial charge < -0.3 is 19.1 Å². The third-order valence-corrected chi connectivity index (χ3v) is 6.60. The summed E-state index contributed by atoms with van der Waals surface area (Å²) in [5, 5.41) is 5.81. The number of carbonyl (C=O) groups excluding carboxylic acids is 2. The number of hydrogen-bond donors (Lipinski definition) is 1. The van der Waals surface area contributed by atoms with Crippen LogP contribution in [0, 0.1) is 5.82 Å². The van der Waals surface area contributed by atoms with Crippen molar-refractivity contribution < 1.29 is 41.4 Å². The minimum atomic E-state index is -4.79. The van der Waals surface area contributed by atoms with Gasteiger partial charge in [0, 0.05) is 48.9 Å². The van der Waals surface area contributed by atoms with Gasteiger partial charge in [-0.25, -0.2) is 9.18 Å². The molecule has 0 unspecified atom stereocenters. The molecule has 3 heterocycles. The van der Waals surface area contributed by atoms with Gasteiger partial charge in [-0.2, -0.15) is 18.3 Å². The van der Waals surface area contributed by atoms with Gasteiger partial charge in [-0.15, -0.1) is 0 Å². The number of amides is 1. The number of hydrogen-bond acceptors (Lipinski definition) is 7.